The second kappa shape index (κ2) is 2.64. The van der Waals surface area contributed by atoms with Gasteiger partial charge in [0.05, 0.1) is 0 Å². The molecule has 1 rings (SSSR count). The Hall–Kier alpha value is -0.283. The van der Waals surface area contributed by atoms with Crippen LogP contribution in [0.4, 0.5) is 0 Å². The lowest BCUT2D eigenvalue weighted by Crippen LogP contribution is -2.53. The van der Waals surface area contributed by atoms with E-state index in [1.54, 1.807) is 0 Å². The SMILES string of the molecule is CC1C=CN(C)N1[Si](C)(C)C. The maximum absolute atomic E-state index is 2.49. The van der Waals surface area contributed by atoms with E-state index in [2.05, 4.69) is 55.6 Å². The van der Waals surface area contributed by atoms with Crippen LogP contribution in [-0.2, 0) is 0 Å². The van der Waals surface area contributed by atoms with Gasteiger partial charge < -0.3 is 5.01 Å². The van der Waals surface area contributed by atoms with E-state index in [-0.39, 0.29) is 0 Å². The molecule has 0 aromatic rings. The van der Waals surface area contributed by atoms with Crippen molar-refractivity contribution in [2.75, 3.05) is 7.05 Å². The minimum Gasteiger partial charge on any atom is -0.322 e. The van der Waals surface area contributed by atoms with E-state index < -0.39 is 8.24 Å². The minimum atomic E-state index is -1.15. The van der Waals surface area contributed by atoms with Crippen molar-refractivity contribution < 1.29 is 0 Å². The molecule has 2 nitrogen and oxygen atoms in total. The lowest BCUT2D eigenvalue weighted by Gasteiger charge is -2.39. The topological polar surface area (TPSA) is 6.48 Å². The smallest absolute Gasteiger partial charge is 0.144 e. The van der Waals surface area contributed by atoms with Crippen molar-refractivity contribution in [1.29, 1.82) is 0 Å². The molecule has 0 saturated carbocycles. The van der Waals surface area contributed by atoms with Gasteiger partial charge in [0, 0.05) is 19.3 Å². The van der Waals surface area contributed by atoms with Crippen LogP contribution in [0, 0.1) is 0 Å². The summed E-state index contributed by atoms with van der Waals surface area (Å²) >= 11 is 0. The highest BCUT2D eigenvalue weighted by atomic mass is 28.3. The van der Waals surface area contributed by atoms with E-state index in [0.29, 0.717) is 6.04 Å². The van der Waals surface area contributed by atoms with Crippen molar-refractivity contribution in [3.8, 4) is 0 Å². The zero-order valence-electron chi connectivity index (χ0n) is 8.13. The first-order chi connectivity index (χ1) is 4.93. The summed E-state index contributed by atoms with van der Waals surface area (Å²) in [4.78, 5) is 0. The second-order valence-electron chi connectivity index (χ2n) is 4.17. The summed E-state index contributed by atoms with van der Waals surface area (Å²) in [5, 5.41) is 2.22. The fourth-order valence-electron chi connectivity index (χ4n) is 1.77. The fraction of sp³-hybridized carbons (Fsp3) is 0.750. The van der Waals surface area contributed by atoms with Gasteiger partial charge in [-0.25, -0.2) is 4.67 Å². The van der Waals surface area contributed by atoms with Gasteiger partial charge in [-0.2, -0.15) is 0 Å². The Morgan fingerprint density at radius 3 is 2.00 bits per heavy atom. The second-order valence-corrected chi connectivity index (χ2v) is 8.97. The van der Waals surface area contributed by atoms with Crippen LogP contribution in [0.5, 0.6) is 0 Å². The molecule has 3 heteroatoms. The van der Waals surface area contributed by atoms with Crippen molar-refractivity contribution in [1.82, 2.24) is 9.68 Å². The third-order valence-electron chi connectivity index (χ3n) is 1.99. The molecule has 0 fully saturated rings. The molecule has 1 aliphatic heterocycles. The molecule has 0 aromatic heterocycles. The van der Waals surface area contributed by atoms with Crippen molar-refractivity contribution in [3.05, 3.63) is 12.3 Å². The Bertz CT molecular complexity index is 159. The lowest BCUT2D eigenvalue weighted by molar-refractivity contribution is 0.144. The minimum absolute atomic E-state index is 0.590. The zero-order valence-corrected chi connectivity index (χ0v) is 9.13. The van der Waals surface area contributed by atoms with Gasteiger partial charge in [0.2, 0.25) is 0 Å². The normalized spacial score (nSPS) is 26.6. The Kier molecular flexibility index (Phi) is 2.12. The standard InChI is InChI=1S/C8H18N2Si/c1-8-6-7-9(2)10(8)11(3,4)5/h6-8H,1-5H3. The summed E-state index contributed by atoms with van der Waals surface area (Å²) in [7, 11) is 0.970. The molecular weight excluding hydrogens is 152 g/mol. The lowest BCUT2D eigenvalue weighted by atomic mass is 10.4. The Morgan fingerprint density at radius 2 is 1.82 bits per heavy atom. The first-order valence-electron chi connectivity index (χ1n) is 4.13. The van der Waals surface area contributed by atoms with E-state index >= 15 is 0 Å². The van der Waals surface area contributed by atoms with Crippen LogP contribution in [0.3, 0.4) is 0 Å². The fourth-order valence-corrected chi connectivity index (χ4v) is 4.09. The number of rotatable bonds is 1. The first kappa shape index (κ1) is 8.81. The van der Waals surface area contributed by atoms with Crippen LogP contribution >= 0.6 is 0 Å². The van der Waals surface area contributed by atoms with Gasteiger partial charge >= 0.3 is 0 Å². The third kappa shape index (κ3) is 1.65. The van der Waals surface area contributed by atoms with Crippen molar-refractivity contribution in [2.45, 2.75) is 32.6 Å². The molecule has 0 amide bonds. The molecule has 0 radical (unpaired) electrons. The third-order valence-corrected chi connectivity index (χ3v) is 4.09. The largest absolute Gasteiger partial charge is 0.322 e. The molecular formula is C8H18N2Si. The van der Waals surface area contributed by atoms with E-state index in [4.69, 9.17) is 0 Å². The van der Waals surface area contributed by atoms with Crippen LogP contribution in [-0.4, -0.2) is 31.0 Å². The van der Waals surface area contributed by atoms with Crippen LogP contribution in [0.2, 0.25) is 19.6 Å². The highest BCUT2D eigenvalue weighted by Crippen LogP contribution is 2.21. The van der Waals surface area contributed by atoms with Gasteiger partial charge in [-0.1, -0.05) is 19.6 Å². The predicted octanol–water partition coefficient (Wildman–Crippen LogP) is 1.89. The molecule has 1 unspecified atom stereocenters. The quantitative estimate of drug-likeness (QED) is 0.554. The molecule has 1 aliphatic rings. The Labute approximate surface area is 70.5 Å². The summed E-state index contributed by atoms with van der Waals surface area (Å²) in [5.41, 5.74) is 0. The molecule has 0 bridgehead atoms. The van der Waals surface area contributed by atoms with Crippen molar-refractivity contribution in [3.63, 3.8) is 0 Å². The number of hydrogen-bond donors (Lipinski definition) is 0. The van der Waals surface area contributed by atoms with Crippen molar-refractivity contribution >= 4 is 8.24 Å². The molecule has 0 saturated heterocycles. The average Bonchev–Trinajstić information content (AvgIpc) is 2.08. The molecule has 0 aromatic carbocycles. The summed E-state index contributed by atoms with van der Waals surface area (Å²) in [5.74, 6) is 0. The van der Waals surface area contributed by atoms with E-state index in [9.17, 15) is 0 Å². The van der Waals surface area contributed by atoms with Gasteiger partial charge in [0.15, 0.2) is 0 Å². The van der Waals surface area contributed by atoms with E-state index in [1.807, 2.05) is 0 Å². The van der Waals surface area contributed by atoms with Gasteiger partial charge in [-0.15, -0.1) is 0 Å². The Balaban J connectivity index is 2.74. The Morgan fingerprint density at radius 1 is 1.27 bits per heavy atom. The van der Waals surface area contributed by atoms with Gasteiger partial charge in [0.1, 0.15) is 8.24 Å². The molecule has 11 heavy (non-hydrogen) atoms. The first-order valence-corrected chi connectivity index (χ1v) is 7.58. The molecule has 0 aliphatic carbocycles. The maximum atomic E-state index is 2.49. The molecule has 64 valence electrons. The van der Waals surface area contributed by atoms with Crippen LogP contribution in [0.15, 0.2) is 12.3 Å². The van der Waals surface area contributed by atoms with E-state index in [1.165, 1.54) is 0 Å². The van der Waals surface area contributed by atoms with Gasteiger partial charge in [0.25, 0.3) is 0 Å². The van der Waals surface area contributed by atoms with Crippen LogP contribution in [0.1, 0.15) is 6.92 Å². The highest BCUT2D eigenvalue weighted by Gasteiger charge is 2.32. The van der Waals surface area contributed by atoms with Crippen LogP contribution in [0.25, 0.3) is 0 Å². The summed E-state index contributed by atoms with van der Waals surface area (Å²) in [6.45, 7) is 9.35. The number of nitrogens with zero attached hydrogens (tertiary/aromatic N) is 2. The molecule has 0 N–H and O–H groups in total. The van der Waals surface area contributed by atoms with Gasteiger partial charge in [-0.3, -0.25) is 0 Å². The zero-order chi connectivity index (χ0) is 8.65. The highest BCUT2D eigenvalue weighted by molar-refractivity contribution is 6.73. The average molecular weight is 170 g/mol. The van der Waals surface area contributed by atoms with E-state index in [0.717, 1.165) is 0 Å². The monoisotopic (exact) mass is 170 g/mol. The molecule has 0 spiro atoms. The van der Waals surface area contributed by atoms with Crippen LogP contribution < -0.4 is 0 Å². The molecule has 1 heterocycles. The predicted molar refractivity (Wildman–Crippen MR) is 51.6 cm³/mol. The summed E-state index contributed by atoms with van der Waals surface area (Å²) in [6, 6.07) is 0.590. The van der Waals surface area contributed by atoms with Gasteiger partial charge in [-0.05, 0) is 13.0 Å². The van der Waals surface area contributed by atoms with Crippen molar-refractivity contribution in [2.24, 2.45) is 0 Å². The number of hydrogen-bond acceptors (Lipinski definition) is 2. The molecule has 1 atom stereocenters. The summed E-state index contributed by atoms with van der Waals surface area (Å²) < 4.78 is 2.49. The maximum Gasteiger partial charge on any atom is 0.144 e. The number of hydrazine groups is 1. The summed E-state index contributed by atoms with van der Waals surface area (Å²) in [6.07, 6.45) is 4.40.